The van der Waals surface area contributed by atoms with Crippen molar-refractivity contribution in [1.29, 1.82) is 0 Å². The number of hydrogen-bond acceptors (Lipinski definition) is 1. The SMILES string of the molecule is O=C1CC(CCl)CN1Cc1c[nH]c2ccccc12. The number of nitrogens with zero attached hydrogens (tertiary/aromatic N) is 1. The minimum Gasteiger partial charge on any atom is -0.361 e. The van der Waals surface area contributed by atoms with E-state index >= 15 is 0 Å². The molecule has 0 bridgehead atoms. The maximum Gasteiger partial charge on any atom is 0.223 e. The maximum atomic E-state index is 11.9. The summed E-state index contributed by atoms with van der Waals surface area (Å²) in [6.45, 7) is 1.46. The molecule has 1 aliphatic rings. The molecule has 1 aliphatic heterocycles. The number of likely N-dealkylation sites (tertiary alicyclic amines) is 1. The van der Waals surface area contributed by atoms with Crippen molar-refractivity contribution < 1.29 is 4.79 Å². The van der Waals surface area contributed by atoms with Gasteiger partial charge in [0.15, 0.2) is 0 Å². The zero-order chi connectivity index (χ0) is 12.5. The van der Waals surface area contributed by atoms with Crippen LogP contribution in [0.4, 0.5) is 0 Å². The molecule has 1 unspecified atom stereocenters. The van der Waals surface area contributed by atoms with Crippen LogP contribution < -0.4 is 0 Å². The summed E-state index contributed by atoms with van der Waals surface area (Å²) in [6, 6.07) is 8.16. The number of aromatic amines is 1. The fraction of sp³-hybridized carbons (Fsp3) is 0.357. The van der Waals surface area contributed by atoms with Crippen LogP contribution in [0.25, 0.3) is 10.9 Å². The predicted octanol–water partition coefficient (Wildman–Crippen LogP) is 2.76. The Balaban J connectivity index is 1.83. The van der Waals surface area contributed by atoms with E-state index in [9.17, 15) is 4.79 Å². The van der Waals surface area contributed by atoms with E-state index in [0.717, 1.165) is 12.1 Å². The van der Waals surface area contributed by atoms with Gasteiger partial charge in [0.25, 0.3) is 0 Å². The highest BCUT2D eigenvalue weighted by atomic mass is 35.5. The monoisotopic (exact) mass is 262 g/mol. The van der Waals surface area contributed by atoms with Gasteiger partial charge >= 0.3 is 0 Å². The molecule has 0 radical (unpaired) electrons. The van der Waals surface area contributed by atoms with Crippen LogP contribution in [0.5, 0.6) is 0 Å². The van der Waals surface area contributed by atoms with Crippen molar-refractivity contribution >= 4 is 28.4 Å². The van der Waals surface area contributed by atoms with E-state index in [1.165, 1.54) is 10.9 Å². The second-order valence-electron chi connectivity index (χ2n) is 4.86. The van der Waals surface area contributed by atoms with Gasteiger partial charge in [0.1, 0.15) is 0 Å². The number of carbonyl (C=O) groups excluding carboxylic acids is 1. The standard InChI is InChI=1S/C14H15ClN2O/c15-6-10-5-14(18)17(8-10)9-11-7-16-13-4-2-1-3-12(11)13/h1-4,7,10,16H,5-6,8-9H2. The molecule has 1 aromatic carbocycles. The van der Waals surface area contributed by atoms with E-state index in [-0.39, 0.29) is 5.91 Å². The van der Waals surface area contributed by atoms with Crippen molar-refractivity contribution in [3.63, 3.8) is 0 Å². The number of halogens is 1. The number of alkyl halides is 1. The first-order valence-corrected chi connectivity index (χ1v) is 6.70. The number of carbonyl (C=O) groups is 1. The third kappa shape index (κ3) is 1.99. The van der Waals surface area contributed by atoms with Gasteiger partial charge in [-0.25, -0.2) is 0 Å². The van der Waals surface area contributed by atoms with Gasteiger partial charge < -0.3 is 9.88 Å². The van der Waals surface area contributed by atoms with Crippen molar-refractivity contribution in [2.45, 2.75) is 13.0 Å². The van der Waals surface area contributed by atoms with E-state index in [1.807, 2.05) is 29.3 Å². The summed E-state index contributed by atoms with van der Waals surface area (Å²) in [5.74, 6) is 1.09. The Labute approximate surface area is 111 Å². The smallest absolute Gasteiger partial charge is 0.223 e. The van der Waals surface area contributed by atoms with Gasteiger partial charge in [-0.1, -0.05) is 18.2 Å². The highest BCUT2D eigenvalue weighted by Crippen LogP contribution is 2.24. The largest absolute Gasteiger partial charge is 0.361 e. The average Bonchev–Trinajstić information content (AvgIpc) is 2.95. The number of para-hydroxylation sites is 1. The number of amides is 1. The maximum absolute atomic E-state index is 11.9. The molecule has 2 heterocycles. The molecule has 0 aliphatic carbocycles. The number of benzene rings is 1. The van der Waals surface area contributed by atoms with E-state index in [2.05, 4.69) is 11.1 Å². The summed E-state index contributed by atoms with van der Waals surface area (Å²) in [5, 5.41) is 1.19. The molecule has 1 saturated heterocycles. The van der Waals surface area contributed by atoms with E-state index < -0.39 is 0 Å². The Hall–Kier alpha value is -1.48. The van der Waals surface area contributed by atoms with E-state index in [1.54, 1.807) is 0 Å². The quantitative estimate of drug-likeness (QED) is 0.849. The number of fused-ring (bicyclic) bond motifs is 1. The first-order valence-electron chi connectivity index (χ1n) is 6.16. The lowest BCUT2D eigenvalue weighted by Crippen LogP contribution is -2.24. The number of nitrogens with one attached hydrogen (secondary N) is 1. The molecule has 2 aromatic rings. The van der Waals surface area contributed by atoms with E-state index in [4.69, 9.17) is 11.6 Å². The first kappa shape index (κ1) is 11.6. The van der Waals surface area contributed by atoms with Gasteiger partial charge in [-0.05, 0) is 17.5 Å². The molecule has 0 saturated carbocycles. The average molecular weight is 263 g/mol. The number of hydrogen-bond donors (Lipinski definition) is 1. The number of H-pyrrole nitrogens is 1. The molecular weight excluding hydrogens is 248 g/mol. The molecule has 4 heteroatoms. The van der Waals surface area contributed by atoms with Crippen molar-refractivity contribution in [3.8, 4) is 0 Å². The van der Waals surface area contributed by atoms with Crippen LogP contribution in [0.1, 0.15) is 12.0 Å². The van der Waals surface area contributed by atoms with Crippen LogP contribution in [0, 0.1) is 5.92 Å². The van der Waals surface area contributed by atoms with Gasteiger partial charge in [-0.15, -0.1) is 11.6 Å². The Morgan fingerprint density at radius 3 is 3.00 bits per heavy atom. The van der Waals surface area contributed by atoms with Crippen LogP contribution in [-0.4, -0.2) is 28.2 Å². The molecule has 3 nitrogen and oxygen atoms in total. The van der Waals surface area contributed by atoms with Crippen LogP contribution in [0.2, 0.25) is 0 Å². The summed E-state index contributed by atoms with van der Waals surface area (Å²) in [5.41, 5.74) is 2.29. The molecule has 1 N–H and O–H groups in total. The minimum atomic E-state index is 0.214. The summed E-state index contributed by atoms with van der Waals surface area (Å²) in [6.07, 6.45) is 2.58. The van der Waals surface area contributed by atoms with Gasteiger partial charge in [0, 0.05) is 42.5 Å². The molecule has 3 rings (SSSR count). The third-order valence-electron chi connectivity index (χ3n) is 3.55. The Morgan fingerprint density at radius 2 is 2.22 bits per heavy atom. The van der Waals surface area contributed by atoms with Crippen LogP contribution in [0.15, 0.2) is 30.5 Å². The second-order valence-corrected chi connectivity index (χ2v) is 5.17. The molecule has 1 amide bonds. The predicted molar refractivity (Wildman–Crippen MR) is 72.5 cm³/mol. The molecular formula is C14H15ClN2O. The Morgan fingerprint density at radius 1 is 1.39 bits per heavy atom. The molecule has 94 valence electrons. The fourth-order valence-corrected chi connectivity index (χ4v) is 2.78. The summed E-state index contributed by atoms with van der Waals surface area (Å²) < 4.78 is 0. The van der Waals surface area contributed by atoms with Crippen LogP contribution in [-0.2, 0) is 11.3 Å². The highest BCUT2D eigenvalue weighted by Gasteiger charge is 2.29. The summed E-state index contributed by atoms with van der Waals surface area (Å²) >= 11 is 5.83. The third-order valence-corrected chi connectivity index (χ3v) is 3.99. The van der Waals surface area contributed by atoms with Crippen molar-refractivity contribution in [1.82, 2.24) is 9.88 Å². The molecule has 1 atom stereocenters. The van der Waals surface area contributed by atoms with Crippen LogP contribution >= 0.6 is 11.6 Å². The van der Waals surface area contributed by atoms with Crippen molar-refractivity contribution in [2.24, 2.45) is 5.92 Å². The minimum absolute atomic E-state index is 0.214. The zero-order valence-electron chi connectivity index (χ0n) is 10.0. The van der Waals surface area contributed by atoms with Crippen molar-refractivity contribution in [2.75, 3.05) is 12.4 Å². The highest BCUT2D eigenvalue weighted by molar-refractivity contribution is 6.18. The van der Waals surface area contributed by atoms with Gasteiger partial charge in [0.05, 0.1) is 0 Å². The van der Waals surface area contributed by atoms with Gasteiger partial charge in [0.2, 0.25) is 5.91 Å². The zero-order valence-corrected chi connectivity index (χ0v) is 10.8. The number of aromatic nitrogens is 1. The lowest BCUT2D eigenvalue weighted by Gasteiger charge is -2.15. The molecule has 0 spiro atoms. The number of rotatable bonds is 3. The lowest BCUT2D eigenvalue weighted by atomic mass is 10.1. The first-order chi connectivity index (χ1) is 8.78. The molecule has 1 aromatic heterocycles. The Kier molecular flexibility index (Phi) is 3.00. The van der Waals surface area contributed by atoms with Gasteiger partial charge in [-0.3, -0.25) is 4.79 Å². The van der Waals surface area contributed by atoms with Crippen LogP contribution in [0.3, 0.4) is 0 Å². The Bertz CT molecular complexity index is 578. The van der Waals surface area contributed by atoms with Gasteiger partial charge in [-0.2, -0.15) is 0 Å². The fourth-order valence-electron chi connectivity index (χ4n) is 2.58. The molecule has 1 fully saturated rings. The van der Waals surface area contributed by atoms with E-state index in [0.29, 0.717) is 24.8 Å². The normalized spacial score (nSPS) is 19.9. The summed E-state index contributed by atoms with van der Waals surface area (Å²) in [4.78, 5) is 17.0. The summed E-state index contributed by atoms with van der Waals surface area (Å²) in [7, 11) is 0. The topological polar surface area (TPSA) is 36.1 Å². The molecule has 18 heavy (non-hydrogen) atoms. The second kappa shape index (κ2) is 4.65. The lowest BCUT2D eigenvalue weighted by molar-refractivity contribution is -0.128. The van der Waals surface area contributed by atoms with Crippen molar-refractivity contribution in [3.05, 3.63) is 36.0 Å².